The Morgan fingerprint density at radius 3 is 2.44 bits per heavy atom. The highest BCUT2D eigenvalue weighted by Crippen LogP contribution is 2.32. The Balaban J connectivity index is 1.94. The van der Waals surface area contributed by atoms with Crippen LogP contribution in [0, 0.1) is 0 Å². The van der Waals surface area contributed by atoms with Crippen molar-refractivity contribution in [3.63, 3.8) is 0 Å². The second kappa shape index (κ2) is 7.66. The first-order chi connectivity index (χ1) is 12.0. The minimum atomic E-state index is -0.981. The monoisotopic (exact) mass is 372 g/mol. The second-order valence-corrected chi connectivity index (χ2v) is 6.25. The van der Waals surface area contributed by atoms with Gasteiger partial charge in [-0.05, 0) is 48.0 Å². The van der Waals surface area contributed by atoms with Crippen molar-refractivity contribution in [2.75, 3.05) is 5.32 Å². The number of hydrogen-bond acceptors (Lipinski definition) is 3. The molecule has 3 rings (SSSR count). The first-order valence-corrected chi connectivity index (χ1v) is 8.24. The molecule has 25 heavy (non-hydrogen) atoms. The number of rotatable bonds is 4. The van der Waals surface area contributed by atoms with Crippen molar-refractivity contribution in [1.82, 2.24) is 4.98 Å². The number of aliphatic hydroxyl groups excluding tert-OH is 1. The van der Waals surface area contributed by atoms with Gasteiger partial charge in [-0.1, -0.05) is 35.3 Å². The fourth-order valence-electron chi connectivity index (χ4n) is 2.43. The Labute approximate surface area is 155 Å². The zero-order chi connectivity index (χ0) is 17.8. The van der Waals surface area contributed by atoms with Gasteiger partial charge in [0.25, 0.3) is 5.91 Å². The minimum Gasteiger partial charge on any atom is -0.384 e. The Morgan fingerprint density at radius 1 is 1.00 bits per heavy atom. The van der Waals surface area contributed by atoms with Crippen molar-refractivity contribution in [1.29, 1.82) is 0 Å². The van der Waals surface area contributed by atoms with Gasteiger partial charge in [-0.2, -0.15) is 0 Å². The van der Waals surface area contributed by atoms with E-state index in [9.17, 15) is 9.90 Å². The summed E-state index contributed by atoms with van der Waals surface area (Å²) in [6.07, 6.45) is 2.10. The molecule has 1 aromatic heterocycles. The van der Waals surface area contributed by atoms with Crippen molar-refractivity contribution >= 4 is 34.8 Å². The maximum atomic E-state index is 12.4. The third-order valence-corrected chi connectivity index (χ3v) is 4.13. The van der Waals surface area contributed by atoms with E-state index in [2.05, 4.69) is 10.3 Å². The van der Waals surface area contributed by atoms with E-state index in [0.29, 0.717) is 32.4 Å². The van der Waals surface area contributed by atoms with Crippen LogP contribution >= 0.6 is 23.2 Å². The van der Waals surface area contributed by atoms with Crippen LogP contribution in [0.3, 0.4) is 0 Å². The fourth-order valence-corrected chi connectivity index (χ4v) is 2.81. The molecule has 2 aromatic carbocycles. The normalized spacial score (nSPS) is 11.8. The molecule has 126 valence electrons. The largest absolute Gasteiger partial charge is 0.384 e. The van der Waals surface area contributed by atoms with E-state index in [1.54, 1.807) is 67.0 Å². The third-order valence-electron chi connectivity index (χ3n) is 3.66. The van der Waals surface area contributed by atoms with Crippen molar-refractivity contribution in [2.24, 2.45) is 0 Å². The molecule has 0 aliphatic heterocycles. The Kier molecular flexibility index (Phi) is 5.34. The number of anilines is 1. The molecule has 1 atom stereocenters. The topological polar surface area (TPSA) is 62.2 Å². The highest BCUT2D eigenvalue weighted by molar-refractivity contribution is 6.31. The molecule has 0 bridgehead atoms. The van der Waals surface area contributed by atoms with Gasteiger partial charge in [0, 0.05) is 39.3 Å². The van der Waals surface area contributed by atoms with Crippen LogP contribution in [-0.2, 0) is 0 Å². The molecular formula is C19H14Cl2N2O2. The summed E-state index contributed by atoms with van der Waals surface area (Å²) in [5.74, 6) is -0.302. The van der Waals surface area contributed by atoms with Gasteiger partial charge in [0.2, 0.25) is 0 Å². The number of aromatic nitrogens is 1. The van der Waals surface area contributed by atoms with Crippen LogP contribution < -0.4 is 5.32 Å². The lowest BCUT2D eigenvalue weighted by Crippen LogP contribution is -2.14. The highest BCUT2D eigenvalue weighted by atomic mass is 35.5. The summed E-state index contributed by atoms with van der Waals surface area (Å²) in [5, 5.41) is 14.5. The molecule has 0 aliphatic carbocycles. The zero-order valence-corrected chi connectivity index (χ0v) is 14.5. The average Bonchev–Trinajstić information content (AvgIpc) is 2.63. The lowest BCUT2D eigenvalue weighted by Gasteiger charge is -2.17. The Bertz CT molecular complexity index is 901. The number of nitrogens with one attached hydrogen (secondary N) is 1. The lowest BCUT2D eigenvalue weighted by atomic mass is 9.99. The van der Waals surface area contributed by atoms with Gasteiger partial charge in [-0.3, -0.25) is 9.78 Å². The van der Waals surface area contributed by atoms with Crippen molar-refractivity contribution in [3.8, 4) is 0 Å². The van der Waals surface area contributed by atoms with Crippen LogP contribution in [0.25, 0.3) is 0 Å². The molecule has 1 amide bonds. The molecule has 4 nitrogen and oxygen atoms in total. The van der Waals surface area contributed by atoms with Crippen LogP contribution in [0.5, 0.6) is 0 Å². The van der Waals surface area contributed by atoms with E-state index in [-0.39, 0.29) is 5.91 Å². The van der Waals surface area contributed by atoms with Crippen molar-refractivity contribution in [2.45, 2.75) is 6.10 Å². The van der Waals surface area contributed by atoms with Gasteiger partial charge < -0.3 is 10.4 Å². The Hall–Kier alpha value is -2.40. The van der Waals surface area contributed by atoms with Crippen LogP contribution in [0.2, 0.25) is 10.0 Å². The van der Waals surface area contributed by atoms with Gasteiger partial charge in [-0.15, -0.1) is 0 Å². The van der Waals surface area contributed by atoms with Crippen molar-refractivity contribution < 1.29 is 9.90 Å². The molecule has 3 aromatic rings. The smallest absolute Gasteiger partial charge is 0.255 e. The molecule has 0 saturated heterocycles. The maximum Gasteiger partial charge on any atom is 0.255 e. The van der Waals surface area contributed by atoms with Gasteiger partial charge in [0.1, 0.15) is 6.10 Å². The average molecular weight is 373 g/mol. The summed E-state index contributed by atoms with van der Waals surface area (Å²) in [5.41, 5.74) is 2.03. The number of amides is 1. The van der Waals surface area contributed by atoms with E-state index in [0.717, 1.165) is 0 Å². The molecule has 1 heterocycles. The first-order valence-electron chi connectivity index (χ1n) is 7.49. The molecule has 0 radical (unpaired) electrons. The summed E-state index contributed by atoms with van der Waals surface area (Å²) in [6, 6.07) is 15.0. The Morgan fingerprint density at radius 2 is 1.72 bits per heavy atom. The van der Waals surface area contributed by atoms with E-state index in [1.807, 2.05) is 0 Å². The number of aliphatic hydroxyl groups is 1. The number of carbonyl (C=O) groups excluding carboxylic acids is 1. The van der Waals surface area contributed by atoms with Crippen LogP contribution in [0.4, 0.5) is 5.69 Å². The van der Waals surface area contributed by atoms with E-state index < -0.39 is 6.10 Å². The van der Waals surface area contributed by atoms with E-state index in [4.69, 9.17) is 23.2 Å². The standard InChI is InChI=1S/C19H14Cl2N2O2/c20-14-3-1-2-13(10-14)18(24)16-11-15(21)4-5-17(16)23-19(25)12-6-8-22-9-7-12/h1-11,18,24H,(H,23,25)/t18-/m0/s1. The number of benzene rings is 2. The number of hydrogen-bond donors (Lipinski definition) is 2. The van der Waals surface area contributed by atoms with E-state index in [1.165, 1.54) is 0 Å². The van der Waals surface area contributed by atoms with Gasteiger partial charge in [0.05, 0.1) is 0 Å². The molecular weight excluding hydrogens is 359 g/mol. The summed E-state index contributed by atoms with van der Waals surface area (Å²) < 4.78 is 0. The molecule has 6 heteroatoms. The summed E-state index contributed by atoms with van der Waals surface area (Å²) in [6.45, 7) is 0. The predicted molar refractivity (Wildman–Crippen MR) is 99.2 cm³/mol. The van der Waals surface area contributed by atoms with Crippen LogP contribution in [0.1, 0.15) is 27.6 Å². The molecule has 0 spiro atoms. The minimum absolute atomic E-state index is 0.302. The lowest BCUT2D eigenvalue weighted by molar-refractivity contribution is 0.102. The van der Waals surface area contributed by atoms with Gasteiger partial charge in [-0.25, -0.2) is 0 Å². The molecule has 0 aliphatic rings. The molecule has 0 saturated carbocycles. The number of carbonyl (C=O) groups is 1. The predicted octanol–water partition coefficient (Wildman–Crippen LogP) is 4.72. The highest BCUT2D eigenvalue weighted by Gasteiger charge is 2.17. The first kappa shape index (κ1) is 17.4. The summed E-state index contributed by atoms with van der Waals surface area (Å²) in [7, 11) is 0. The maximum absolute atomic E-state index is 12.4. The van der Waals surface area contributed by atoms with Gasteiger partial charge >= 0.3 is 0 Å². The molecule has 0 unspecified atom stereocenters. The number of pyridine rings is 1. The van der Waals surface area contributed by atoms with E-state index >= 15 is 0 Å². The van der Waals surface area contributed by atoms with Crippen LogP contribution in [0.15, 0.2) is 67.0 Å². The summed E-state index contributed by atoms with van der Waals surface area (Å²) in [4.78, 5) is 16.3. The van der Waals surface area contributed by atoms with Crippen molar-refractivity contribution in [3.05, 3.63) is 93.7 Å². The number of nitrogens with zero attached hydrogens (tertiary/aromatic N) is 1. The molecule has 2 N–H and O–H groups in total. The fraction of sp³-hybridized carbons (Fsp3) is 0.0526. The van der Waals surface area contributed by atoms with Gasteiger partial charge in [0.15, 0.2) is 0 Å². The summed E-state index contributed by atoms with van der Waals surface area (Å²) >= 11 is 12.1. The second-order valence-electron chi connectivity index (χ2n) is 5.38. The van der Waals surface area contributed by atoms with Crippen LogP contribution in [-0.4, -0.2) is 16.0 Å². The quantitative estimate of drug-likeness (QED) is 0.696. The number of halogens is 2. The SMILES string of the molecule is O=C(Nc1ccc(Cl)cc1[C@@H](O)c1cccc(Cl)c1)c1ccncc1. The third kappa shape index (κ3) is 4.17. The molecule has 0 fully saturated rings. The zero-order valence-electron chi connectivity index (χ0n) is 13.0.